The predicted molar refractivity (Wildman–Crippen MR) is 93.1 cm³/mol. The molecule has 0 bridgehead atoms. The number of likely N-dealkylation sites (N-methyl/N-ethyl adjacent to an activating group) is 1. The van der Waals surface area contributed by atoms with Crippen LogP contribution < -0.4 is 5.32 Å². The first-order valence-electron chi connectivity index (χ1n) is 7.53. The van der Waals surface area contributed by atoms with Crippen LogP contribution in [0.4, 0.5) is 0 Å². The van der Waals surface area contributed by atoms with E-state index in [9.17, 15) is 0 Å². The van der Waals surface area contributed by atoms with Gasteiger partial charge in [0.25, 0.3) is 0 Å². The van der Waals surface area contributed by atoms with E-state index in [1.165, 1.54) is 27.6 Å². The minimum Gasteiger partial charge on any atom is -0.317 e. The smallest absolute Gasteiger partial charge is 0.0345 e. The van der Waals surface area contributed by atoms with E-state index in [2.05, 4.69) is 72.3 Å². The number of nitrogens with one attached hydrogen (secondary N) is 1. The molecule has 0 saturated carbocycles. The summed E-state index contributed by atoms with van der Waals surface area (Å²) in [4.78, 5) is 0. The standard InChI is InChI=1S/C19H21NS/c1-20-17(12-11-15-7-3-2-4-8-15)13-16-14-21-19-10-6-5-9-18(16)19/h2-10,14,17,20H,11-13H2,1H3. The largest absolute Gasteiger partial charge is 0.317 e. The van der Waals surface area contributed by atoms with Gasteiger partial charge in [0, 0.05) is 10.7 Å². The molecular formula is C19H21NS. The van der Waals surface area contributed by atoms with Gasteiger partial charge in [-0.05, 0) is 54.3 Å². The molecule has 2 heteroatoms. The van der Waals surface area contributed by atoms with Crippen LogP contribution >= 0.6 is 11.3 Å². The van der Waals surface area contributed by atoms with Crippen molar-refractivity contribution in [2.24, 2.45) is 0 Å². The molecular weight excluding hydrogens is 274 g/mol. The van der Waals surface area contributed by atoms with Crippen molar-refractivity contribution in [1.29, 1.82) is 0 Å². The van der Waals surface area contributed by atoms with Gasteiger partial charge >= 0.3 is 0 Å². The van der Waals surface area contributed by atoms with Gasteiger partial charge in [-0.1, -0.05) is 48.5 Å². The zero-order valence-corrected chi connectivity index (χ0v) is 13.2. The Morgan fingerprint density at radius 3 is 2.57 bits per heavy atom. The molecule has 0 saturated heterocycles. The van der Waals surface area contributed by atoms with Crippen LogP contribution in [-0.4, -0.2) is 13.1 Å². The molecule has 2 aromatic carbocycles. The summed E-state index contributed by atoms with van der Waals surface area (Å²) in [5.74, 6) is 0. The molecule has 0 radical (unpaired) electrons. The van der Waals surface area contributed by atoms with Gasteiger partial charge in [0.05, 0.1) is 0 Å². The summed E-state index contributed by atoms with van der Waals surface area (Å²) >= 11 is 1.85. The Hall–Kier alpha value is -1.64. The minimum atomic E-state index is 0.531. The highest BCUT2D eigenvalue weighted by Gasteiger charge is 2.11. The fraction of sp³-hybridized carbons (Fsp3) is 0.263. The van der Waals surface area contributed by atoms with Crippen molar-refractivity contribution in [1.82, 2.24) is 5.32 Å². The monoisotopic (exact) mass is 295 g/mol. The maximum Gasteiger partial charge on any atom is 0.0345 e. The lowest BCUT2D eigenvalue weighted by atomic mass is 9.99. The number of benzene rings is 2. The molecule has 1 unspecified atom stereocenters. The molecule has 0 amide bonds. The van der Waals surface area contributed by atoms with Crippen LogP contribution in [0, 0.1) is 0 Å². The summed E-state index contributed by atoms with van der Waals surface area (Å²) in [6, 6.07) is 20.0. The van der Waals surface area contributed by atoms with Crippen molar-refractivity contribution in [3.63, 3.8) is 0 Å². The highest BCUT2D eigenvalue weighted by atomic mass is 32.1. The van der Waals surface area contributed by atoms with Crippen LogP contribution in [0.25, 0.3) is 10.1 Å². The lowest BCUT2D eigenvalue weighted by Crippen LogP contribution is -2.28. The fourth-order valence-corrected chi connectivity index (χ4v) is 3.77. The summed E-state index contributed by atoms with van der Waals surface area (Å²) in [5, 5.41) is 7.22. The van der Waals surface area contributed by atoms with E-state index >= 15 is 0 Å². The third-order valence-corrected chi connectivity index (χ3v) is 5.07. The van der Waals surface area contributed by atoms with Gasteiger partial charge in [0.1, 0.15) is 0 Å². The van der Waals surface area contributed by atoms with Gasteiger partial charge in [0.15, 0.2) is 0 Å². The number of hydrogen-bond acceptors (Lipinski definition) is 2. The third kappa shape index (κ3) is 3.52. The maximum atomic E-state index is 3.48. The number of hydrogen-bond donors (Lipinski definition) is 1. The molecule has 0 aliphatic rings. The summed E-state index contributed by atoms with van der Waals surface area (Å²) in [6.07, 6.45) is 3.41. The Labute approximate surface area is 130 Å². The maximum absolute atomic E-state index is 3.48. The molecule has 0 aliphatic carbocycles. The summed E-state index contributed by atoms with van der Waals surface area (Å²) in [7, 11) is 2.07. The Bertz CT molecular complexity index is 687. The number of fused-ring (bicyclic) bond motifs is 1. The minimum absolute atomic E-state index is 0.531. The highest BCUT2D eigenvalue weighted by Crippen LogP contribution is 2.27. The van der Waals surface area contributed by atoms with Crippen molar-refractivity contribution in [3.05, 3.63) is 71.1 Å². The van der Waals surface area contributed by atoms with Gasteiger partial charge in [-0.25, -0.2) is 0 Å². The van der Waals surface area contributed by atoms with Crippen LogP contribution in [0.2, 0.25) is 0 Å². The van der Waals surface area contributed by atoms with Crippen molar-refractivity contribution < 1.29 is 0 Å². The third-order valence-electron chi connectivity index (χ3n) is 4.06. The molecule has 1 aromatic heterocycles. The second kappa shape index (κ2) is 6.88. The van der Waals surface area contributed by atoms with E-state index in [0.717, 1.165) is 12.8 Å². The van der Waals surface area contributed by atoms with Gasteiger partial charge in [-0.3, -0.25) is 0 Å². The van der Waals surface area contributed by atoms with Crippen molar-refractivity contribution in [2.45, 2.75) is 25.3 Å². The van der Waals surface area contributed by atoms with Crippen molar-refractivity contribution >= 4 is 21.4 Å². The summed E-state index contributed by atoms with van der Waals surface area (Å²) in [6.45, 7) is 0. The van der Waals surface area contributed by atoms with E-state index in [0.29, 0.717) is 6.04 Å². The lowest BCUT2D eigenvalue weighted by Gasteiger charge is -2.16. The Kier molecular flexibility index (Phi) is 4.69. The van der Waals surface area contributed by atoms with Gasteiger partial charge in [-0.2, -0.15) is 0 Å². The lowest BCUT2D eigenvalue weighted by molar-refractivity contribution is 0.522. The molecule has 3 rings (SSSR count). The van der Waals surface area contributed by atoms with E-state index < -0.39 is 0 Å². The topological polar surface area (TPSA) is 12.0 Å². The molecule has 0 spiro atoms. The molecule has 3 aromatic rings. The molecule has 21 heavy (non-hydrogen) atoms. The molecule has 0 aliphatic heterocycles. The normalized spacial score (nSPS) is 12.6. The van der Waals surface area contributed by atoms with Gasteiger partial charge in [0.2, 0.25) is 0 Å². The van der Waals surface area contributed by atoms with Gasteiger partial charge < -0.3 is 5.32 Å². The first-order chi connectivity index (χ1) is 10.4. The Morgan fingerprint density at radius 2 is 1.76 bits per heavy atom. The SMILES string of the molecule is CNC(CCc1ccccc1)Cc1csc2ccccc12. The number of aryl methyl sites for hydroxylation is 1. The average Bonchev–Trinajstić information content (AvgIpc) is 2.95. The summed E-state index contributed by atoms with van der Waals surface area (Å²) in [5.41, 5.74) is 2.90. The van der Waals surface area contributed by atoms with Crippen LogP contribution in [0.1, 0.15) is 17.5 Å². The van der Waals surface area contributed by atoms with Crippen LogP contribution in [-0.2, 0) is 12.8 Å². The fourth-order valence-electron chi connectivity index (χ4n) is 2.79. The van der Waals surface area contributed by atoms with Crippen LogP contribution in [0.3, 0.4) is 0 Å². The Morgan fingerprint density at radius 1 is 1.00 bits per heavy atom. The average molecular weight is 295 g/mol. The van der Waals surface area contributed by atoms with Crippen LogP contribution in [0.5, 0.6) is 0 Å². The molecule has 1 N–H and O–H groups in total. The Balaban J connectivity index is 1.67. The zero-order chi connectivity index (χ0) is 14.5. The second-order valence-corrected chi connectivity index (χ2v) is 6.38. The molecule has 1 heterocycles. The van der Waals surface area contributed by atoms with E-state index in [1.807, 2.05) is 11.3 Å². The van der Waals surface area contributed by atoms with E-state index in [4.69, 9.17) is 0 Å². The first kappa shape index (κ1) is 14.3. The molecule has 0 fully saturated rings. The van der Waals surface area contributed by atoms with Crippen molar-refractivity contribution in [2.75, 3.05) is 7.05 Å². The molecule has 108 valence electrons. The van der Waals surface area contributed by atoms with E-state index in [1.54, 1.807) is 0 Å². The summed E-state index contributed by atoms with van der Waals surface area (Å²) < 4.78 is 1.39. The second-order valence-electron chi connectivity index (χ2n) is 5.47. The van der Waals surface area contributed by atoms with E-state index in [-0.39, 0.29) is 0 Å². The quantitative estimate of drug-likeness (QED) is 0.697. The highest BCUT2D eigenvalue weighted by molar-refractivity contribution is 7.17. The predicted octanol–water partition coefficient (Wildman–Crippen LogP) is 4.66. The number of thiophene rings is 1. The zero-order valence-electron chi connectivity index (χ0n) is 12.4. The molecule has 1 nitrogen and oxygen atoms in total. The van der Waals surface area contributed by atoms with Crippen LogP contribution in [0.15, 0.2) is 60.0 Å². The molecule has 1 atom stereocenters. The van der Waals surface area contributed by atoms with Gasteiger partial charge in [-0.15, -0.1) is 11.3 Å². The first-order valence-corrected chi connectivity index (χ1v) is 8.41. The van der Waals surface area contributed by atoms with Crippen molar-refractivity contribution in [3.8, 4) is 0 Å². The number of rotatable bonds is 6.